The molecule has 1 saturated carbocycles. The summed E-state index contributed by atoms with van der Waals surface area (Å²) in [4.78, 5) is 11.9. The van der Waals surface area contributed by atoms with Gasteiger partial charge in [-0.15, -0.1) is 0 Å². The van der Waals surface area contributed by atoms with Crippen LogP contribution < -0.4 is 5.32 Å². The molecule has 17 heavy (non-hydrogen) atoms. The number of hydrogen-bond acceptors (Lipinski definition) is 2. The van der Waals surface area contributed by atoms with Gasteiger partial charge in [0.05, 0.1) is 18.3 Å². The number of rotatable bonds is 3. The molecule has 1 aliphatic rings. The van der Waals surface area contributed by atoms with Gasteiger partial charge >= 0.3 is 0 Å². The van der Waals surface area contributed by atoms with Gasteiger partial charge in [-0.1, -0.05) is 20.8 Å². The van der Waals surface area contributed by atoms with Crippen molar-refractivity contribution in [3.05, 3.63) is 18.0 Å². The van der Waals surface area contributed by atoms with Crippen molar-refractivity contribution in [3.63, 3.8) is 0 Å². The molecule has 0 saturated heterocycles. The lowest BCUT2D eigenvalue weighted by Gasteiger charge is -2.21. The molecule has 2 rings (SSSR count). The molecule has 1 aromatic heterocycles. The average molecular weight is 235 g/mol. The van der Waals surface area contributed by atoms with E-state index >= 15 is 0 Å². The molecular weight excluding hydrogens is 214 g/mol. The maximum Gasteiger partial charge on any atom is 0.225 e. The average Bonchev–Trinajstić information content (AvgIpc) is 2.95. The molecular formula is C13H21N3O. The summed E-state index contributed by atoms with van der Waals surface area (Å²) in [5, 5.41) is 7.35. The van der Waals surface area contributed by atoms with Crippen LogP contribution >= 0.6 is 0 Å². The molecule has 0 spiro atoms. The Hall–Kier alpha value is -1.32. The minimum Gasteiger partial charge on any atom is -0.349 e. The molecule has 0 bridgehead atoms. The van der Waals surface area contributed by atoms with Gasteiger partial charge in [-0.05, 0) is 19.8 Å². The van der Waals surface area contributed by atoms with Crippen molar-refractivity contribution in [2.75, 3.05) is 0 Å². The highest BCUT2D eigenvalue weighted by atomic mass is 16.2. The zero-order valence-electron chi connectivity index (χ0n) is 11.0. The second kappa shape index (κ2) is 4.17. The Morgan fingerprint density at radius 3 is 2.71 bits per heavy atom. The van der Waals surface area contributed by atoms with Crippen molar-refractivity contribution in [3.8, 4) is 0 Å². The van der Waals surface area contributed by atoms with E-state index in [9.17, 15) is 4.79 Å². The molecule has 0 aliphatic heterocycles. The van der Waals surface area contributed by atoms with E-state index in [1.807, 2.05) is 44.8 Å². The number of carbonyl (C=O) groups excluding carboxylic acids is 1. The van der Waals surface area contributed by atoms with E-state index in [2.05, 4.69) is 10.4 Å². The smallest absolute Gasteiger partial charge is 0.225 e. The first-order valence-corrected chi connectivity index (χ1v) is 6.23. The third-order valence-electron chi connectivity index (χ3n) is 3.07. The Labute approximate surface area is 102 Å². The maximum atomic E-state index is 11.9. The van der Waals surface area contributed by atoms with Gasteiger partial charge in [0.15, 0.2) is 0 Å². The van der Waals surface area contributed by atoms with Gasteiger partial charge in [-0.3, -0.25) is 9.48 Å². The Balaban J connectivity index is 1.98. The zero-order chi connectivity index (χ0) is 12.6. The molecule has 4 heteroatoms. The first-order valence-electron chi connectivity index (χ1n) is 6.23. The van der Waals surface area contributed by atoms with Gasteiger partial charge in [0, 0.05) is 17.2 Å². The number of amides is 1. The molecule has 1 atom stereocenters. The summed E-state index contributed by atoms with van der Waals surface area (Å²) in [5.41, 5.74) is 0.732. The Morgan fingerprint density at radius 1 is 1.53 bits per heavy atom. The molecule has 1 unspecified atom stereocenters. The number of nitrogens with one attached hydrogen (secondary N) is 1. The summed E-state index contributed by atoms with van der Waals surface area (Å²) in [7, 11) is 0. The zero-order valence-corrected chi connectivity index (χ0v) is 11.0. The van der Waals surface area contributed by atoms with Gasteiger partial charge in [0.2, 0.25) is 5.91 Å². The monoisotopic (exact) mass is 235 g/mol. The summed E-state index contributed by atoms with van der Waals surface area (Å²) in [5.74, 6) is 0.0733. The fourth-order valence-corrected chi connectivity index (χ4v) is 1.61. The number of aromatic nitrogens is 2. The summed E-state index contributed by atoms with van der Waals surface area (Å²) in [6.07, 6.45) is 6.35. The lowest BCUT2D eigenvalue weighted by atomic mass is 9.95. The molecule has 94 valence electrons. The standard InChI is InChI=1S/C13H21N3O/c1-9(15-12(17)13(2,3)4)10-7-14-16(8-10)11-5-6-11/h7-9,11H,5-6H2,1-4H3,(H,15,17). The van der Waals surface area contributed by atoms with E-state index in [-0.39, 0.29) is 17.4 Å². The second-order valence-corrected chi connectivity index (χ2v) is 5.93. The van der Waals surface area contributed by atoms with Crippen LogP contribution in [0.1, 0.15) is 58.2 Å². The molecule has 1 N–H and O–H groups in total. The molecule has 1 amide bonds. The van der Waals surface area contributed by atoms with Gasteiger partial charge in [0.1, 0.15) is 0 Å². The van der Waals surface area contributed by atoms with E-state index in [1.165, 1.54) is 12.8 Å². The Morgan fingerprint density at radius 2 is 2.18 bits per heavy atom. The molecule has 4 nitrogen and oxygen atoms in total. The molecule has 1 aliphatic carbocycles. The second-order valence-electron chi connectivity index (χ2n) is 5.93. The van der Waals surface area contributed by atoms with E-state index in [0.29, 0.717) is 6.04 Å². The largest absolute Gasteiger partial charge is 0.349 e. The van der Waals surface area contributed by atoms with E-state index in [4.69, 9.17) is 0 Å². The van der Waals surface area contributed by atoms with Crippen LogP contribution in [0.5, 0.6) is 0 Å². The number of hydrogen-bond donors (Lipinski definition) is 1. The normalized spacial score (nSPS) is 17.9. The van der Waals surface area contributed by atoms with E-state index < -0.39 is 0 Å². The van der Waals surface area contributed by atoms with Crippen LogP contribution in [0.3, 0.4) is 0 Å². The van der Waals surface area contributed by atoms with Crippen LogP contribution in [0, 0.1) is 5.41 Å². The Kier molecular flexibility index (Phi) is 2.98. The summed E-state index contributed by atoms with van der Waals surface area (Å²) >= 11 is 0. The van der Waals surface area contributed by atoms with Crippen LogP contribution in [-0.4, -0.2) is 15.7 Å². The van der Waals surface area contributed by atoms with Crippen molar-refractivity contribution >= 4 is 5.91 Å². The van der Waals surface area contributed by atoms with Crippen LogP contribution in [0.4, 0.5) is 0 Å². The van der Waals surface area contributed by atoms with Crippen molar-refractivity contribution in [1.82, 2.24) is 15.1 Å². The minimum atomic E-state index is -0.346. The summed E-state index contributed by atoms with van der Waals surface area (Å²) in [6.45, 7) is 7.76. The van der Waals surface area contributed by atoms with Gasteiger partial charge in [-0.2, -0.15) is 5.10 Å². The highest BCUT2D eigenvalue weighted by Gasteiger charge is 2.26. The third kappa shape index (κ3) is 2.87. The summed E-state index contributed by atoms with van der Waals surface area (Å²) < 4.78 is 2.01. The summed E-state index contributed by atoms with van der Waals surface area (Å²) in [6, 6.07) is 0.614. The van der Waals surface area contributed by atoms with Crippen LogP contribution in [0.15, 0.2) is 12.4 Å². The predicted molar refractivity (Wildman–Crippen MR) is 66.5 cm³/mol. The van der Waals surface area contributed by atoms with Crippen molar-refractivity contribution < 1.29 is 4.79 Å². The highest BCUT2D eigenvalue weighted by Crippen LogP contribution is 2.34. The van der Waals surface area contributed by atoms with Crippen LogP contribution in [0.2, 0.25) is 0 Å². The SMILES string of the molecule is CC(NC(=O)C(C)(C)C)c1cnn(C2CC2)c1. The minimum absolute atomic E-state index is 0.0224. The topological polar surface area (TPSA) is 46.9 Å². The van der Waals surface area contributed by atoms with Crippen molar-refractivity contribution in [2.45, 2.75) is 52.6 Å². The predicted octanol–water partition coefficient (Wildman–Crippen LogP) is 2.44. The molecule has 0 aromatic carbocycles. The fraction of sp³-hybridized carbons (Fsp3) is 0.692. The molecule has 1 aromatic rings. The van der Waals surface area contributed by atoms with E-state index in [0.717, 1.165) is 5.56 Å². The lowest BCUT2D eigenvalue weighted by molar-refractivity contribution is -0.129. The maximum absolute atomic E-state index is 11.9. The van der Waals surface area contributed by atoms with Crippen LogP contribution in [0.25, 0.3) is 0 Å². The molecule has 1 heterocycles. The first kappa shape index (κ1) is 12.1. The van der Waals surface area contributed by atoms with Crippen LogP contribution in [-0.2, 0) is 4.79 Å². The number of carbonyl (C=O) groups is 1. The number of nitrogens with zero attached hydrogens (tertiary/aromatic N) is 2. The Bertz CT molecular complexity index is 413. The quantitative estimate of drug-likeness (QED) is 0.874. The van der Waals surface area contributed by atoms with Gasteiger partial charge in [0.25, 0.3) is 0 Å². The molecule has 1 fully saturated rings. The van der Waals surface area contributed by atoms with Gasteiger partial charge in [-0.25, -0.2) is 0 Å². The highest BCUT2D eigenvalue weighted by molar-refractivity contribution is 5.81. The molecule has 0 radical (unpaired) electrons. The van der Waals surface area contributed by atoms with Crippen molar-refractivity contribution in [2.24, 2.45) is 5.41 Å². The first-order chi connectivity index (χ1) is 7.88. The van der Waals surface area contributed by atoms with Gasteiger partial charge < -0.3 is 5.32 Å². The lowest BCUT2D eigenvalue weighted by Crippen LogP contribution is -2.36. The van der Waals surface area contributed by atoms with E-state index in [1.54, 1.807) is 0 Å². The fourth-order valence-electron chi connectivity index (χ4n) is 1.61. The van der Waals surface area contributed by atoms with Crippen molar-refractivity contribution in [1.29, 1.82) is 0 Å². The third-order valence-corrected chi connectivity index (χ3v) is 3.07.